The molecule has 0 N–H and O–H groups in total. The maximum Gasteiger partial charge on any atom is 0.228 e. The Bertz CT molecular complexity index is 845. The number of thiazole rings is 1. The maximum atomic E-state index is 12.6. The first-order valence-electron chi connectivity index (χ1n) is 9.10. The number of carbonyl (C=O) groups excluding carboxylic acids is 1. The van der Waals surface area contributed by atoms with Crippen LogP contribution in [0.3, 0.4) is 0 Å². The summed E-state index contributed by atoms with van der Waals surface area (Å²) >= 11 is 15.3. The van der Waals surface area contributed by atoms with Crippen molar-refractivity contribution in [2.45, 2.75) is 35.1 Å². The van der Waals surface area contributed by atoms with Crippen LogP contribution in [0.2, 0.25) is 10.0 Å². The number of hydrogen-bond acceptors (Lipinski definition) is 6. The quantitative estimate of drug-likeness (QED) is 0.610. The van der Waals surface area contributed by atoms with E-state index in [1.54, 1.807) is 29.2 Å². The van der Waals surface area contributed by atoms with E-state index < -0.39 is 5.79 Å². The Balaban J connectivity index is 1.28. The largest absolute Gasteiger partial charge is 0.347 e. The molecule has 0 saturated carbocycles. The fourth-order valence-corrected chi connectivity index (χ4v) is 5.77. The van der Waals surface area contributed by atoms with Gasteiger partial charge in [0.15, 0.2) is 5.79 Å². The van der Waals surface area contributed by atoms with Crippen LogP contribution >= 0.6 is 46.3 Å². The van der Waals surface area contributed by atoms with E-state index in [0.717, 1.165) is 28.4 Å². The number of aromatic nitrogens is 1. The minimum absolute atomic E-state index is 0.107. The summed E-state index contributed by atoms with van der Waals surface area (Å²) in [5.41, 5.74) is 1.83. The number of rotatable bonds is 5. The van der Waals surface area contributed by atoms with Gasteiger partial charge in [-0.3, -0.25) is 4.79 Å². The van der Waals surface area contributed by atoms with Gasteiger partial charge in [-0.1, -0.05) is 41.0 Å². The van der Waals surface area contributed by atoms with Crippen molar-refractivity contribution in [2.75, 3.05) is 26.3 Å². The van der Waals surface area contributed by atoms with Crippen molar-refractivity contribution in [2.24, 2.45) is 0 Å². The number of thioether (sulfide) groups is 1. The number of amides is 1. The van der Waals surface area contributed by atoms with Crippen molar-refractivity contribution in [3.63, 3.8) is 0 Å². The number of piperidine rings is 1. The minimum Gasteiger partial charge on any atom is -0.347 e. The lowest BCUT2D eigenvalue weighted by molar-refractivity contribution is -0.187. The Kier molecular flexibility index (Phi) is 6.50. The van der Waals surface area contributed by atoms with Gasteiger partial charge in [0, 0.05) is 47.1 Å². The van der Waals surface area contributed by atoms with E-state index in [4.69, 9.17) is 32.7 Å². The second-order valence-corrected chi connectivity index (χ2v) is 9.72. The fourth-order valence-electron chi connectivity index (χ4n) is 3.36. The summed E-state index contributed by atoms with van der Waals surface area (Å²) in [5.74, 6) is 0.366. The average molecular weight is 459 g/mol. The summed E-state index contributed by atoms with van der Waals surface area (Å²) in [6.45, 7) is 2.63. The van der Waals surface area contributed by atoms with E-state index in [-0.39, 0.29) is 5.91 Å². The summed E-state index contributed by atoms with van der Waals surface area (Å²) in [5, 5.41) is 3.24. The molecule has 2 aliphatic heterocycles. The summed E-state index contributed by atoms with van der Waals surface area (Å²) in [6, 6.07) is 5.51. The second-order valence-electron chi connectivity index (χ2n) is 6.79. The van der Waals surface area contributed by atoms with E-state index in [1.165, 1.54) is 0 Å². The van der Waals surface area contributed by atoms with Crippen molar-refractivity contribution in [3.05, 3.63) is 44.9 Å². The molecule has 150 valence electrons. The van der Waals surface area contributed by atoms with Crippen molar-refractivity contribution < 1.29 is 14.3 Å². The van der Waals surface area contributed by atoms with Crippen LogP contribution in [0.1, 0.15) is 24.1 Å². The van der Waals surface area contributed by atoms with Crippen LogP contribution in [-0.4, -0.2) is 47.9 Å². The molecule has 1 aromatic heterocycles. The summed E-state index contributed by atoms with van der Waals surface area (Å²) < 4.78 is 12.4. The lowest BCUT2D eigenvalue weighted by Crippen LogP contribution is -2.47. The minimum atomic E-state index is -0.454. The molecule has 3 heterocycles. The zero-order chi connectivity index (χ0) is 19.6. The third-order valence-electron chi connectivity index (χ3n) is 4.92. The van der Waals surface area contributed by atoms with Crippen molar-refractivity contribution in [1.29, 1.82) is 0 Å². The zero-order valence-corrected chi connectivity index (χ0v) is 18.3. The molecule has 0 radical (unpaired) electrons. The molecule has 0 aliphatic carbocycles. The van der Waals surface area contributed by atoms with Crippen molar-refractivity contribution in [1.82, 2.24) is 9.88 Å². The van der Waals surface area contributed by atoms with E-state index in [9.17, 15) is 4.79 Å². The number of halogens is 2. The van der Waals surface area contributed by atoms with Gasteiger partial charge in [-0.25, -0.2) is 4.98 Å². The zero-order valence-electron chi connectivity index (χ0n) is 15.2. The average Bonchev–Trinajstić information content (AvgIpc) is 3.31. The van der Waals surface area contributed by atoms with Gasteiger partial charge in [0.1, 0.15) is 4.34 Å². The molecule has 2 saturated heterocycles. The molecule has 1 aromatic carbocycles. The molecule has 2 aliphatic rings. The first-order valence-corrected chi connectivity index (χ1v) is 11.7. The van der Waals surface area contributed by atoms with Gasteiger partial charge in [0.2, 0.25) is 5.91 Å². The molecule has 2 aromatic rings. The third kappa shape index (κ3) is 4.83. The Morgan fingerprint density at radius 1 is 1.25 bits per heavy atom. The third-order valence-corrected chi connectivity index (χ3v) is 7.63. The van der Waals surface area contributed by atoms with E-state index >= 15 is 0 Å². The summed E-state index contributed by atoms with van der Waals surface area (Å²) in [7, 11) is 0. The lowest BCUT2D eigenvalue weighted by atomic mass is 10.0. The van der Waals surface area contributed by atoms with E-state index in [0.29, 0.717) is 48.5 Å². The first-order chi connectivity index (χ1) is 13.5. The number of nitrogens with zero attached hydrogens (tertiary/aromatic N) is 2. The van der Waals surface area contributed by atoms with Gasteiger partial charge < -0.3 is 14.4 Å². The van der Waals surface area contributed by atoms with Gasteiger partial charge in [0.25, 0.3) is 0 Å². The Labute approximate surface area is 182 Å². The van der Waals surface area contributed by atoms with Gasteiger partial charge in [-0.05, 0) is 17.7 Å². The Morgan fingerprint density at radius 2 is 2.00 bits per heavy atom. The first kappa shape index (κ1) is 20.4. The highest BCUT2D eigenvalue weighted by Crippen LogP contribution is 2.32. The molecule has 1 spiro atoms. The van der Waals surface area contributed by atoms with Crippen LogP contribution in [0.5, 0.6) is 0 Å². The molecule has 0 unspecified atom stereocenters. The summed E-state index contributed by atoms with van der Waals surface area (Å²) in [4.78, 5) is 19.1. The smallest absolute Gasteiger partial charge is 0.228 e. The number of likely N-dealkylation sites (tertiary alicyclic amines) is 1. The number of ether oxygens (including phenoxy) is 2. The normalized spacial score (nSPS) is 18.7. The second kappa shape index (κ2) is 8.90. The fraction of sp³-hybridized carbons (Fsp3) is 0.474. The number of carbonyl (C=O) groups is 1. The molecular formula is C19H20Cl2N2O3S2. The molecule has 2 fully saturated rings. The molecular weight excluding hydrogens is 439 g/mol. The topological polar surface area (TPSA) is 51.7 Å². The van der Waals surface area contributed by atoms with Crippen LogP contribution in [0.25, 0.3) is 0 Å². The molecule has 9 heteroatoms. The Hall–Kier alpha value is -0.830. The summed E-state index contributed by atoms with van der Waals surface area (Å²) in [6.07, 6.45) is 1.80. The molecule has 0 bridgehead atoms. The molecule has 1 amide bonds. The van der Waals surface area contributed by atoms with Crippen molar-refractivity contribution in [3.8, 4) is 0 Å². The van der Waals surface area contributed by atoms with E-state index in [2.05, 4.69) is 4.98 Å². The lowest BCUT2D eigenvalue weighted by Gasteiger charge is -2.37. The van der Waals surface area contributed by atoms with Crippen LogP contribution < -0.4 is 0 Å². The number of hydrogen-bond donors (Lipinski definition) is 0. The number of benzene rings is 1. The van der Waals surface area contributed by atoms with Crippen LogP contribution in [-0.2, 0) is 26.4 Å². The predicted molar refractivity (Wildman–Crippen MR) is 112 cm³/mol. The van der Waals surface area contributed by atoms with Crippen molar-refractivity contribution >= 4 is 52.2 Å². The monoisotopic (exact) mass is 458 g/mol. The van der Waals surface area contributed by atoms with Gasteiger partial charge in [0.05, 0.1) is 25.3 Å². The SMILES string of the molecule is O=C(Cc1csc(SCc2ccc(Cl)cc2Cl)n1)N1CCC2(CC1)OCCO2. The van der Waals surface area contributed by atoms with Gasteiger partial charge in [-0.2, -0.15) is 0 Å². The highest BCUT2D eigenvalue weighted by Gasteiger charge is 2.40. The van der Waals surface area contributed by atoms with Crippen LogP contribution in [0, 0.1) is 0 Å². The van der Waals surface area contributed by atoms with E-state index in [1.807, 2.05) is 22.4 Å². The van der Waals surface area contributed by atoms with Gasteiger partial charge in [-0.15, -0.1) is 11.3 Å². The predicted octanol–water partition coefficient (Wildman–Crippen LogP) is 4.65. The van der Waals surface area contributed by atoms with Gasteiger partial charge >= 0.3 is 0 Å². The van der Waals surface area contributed by atoms with Crippen LogP contribution in [0.4, 0.5) is 0 Å². The molecule has 4 rings (SSSR count). The van der Waals surface area contributed by atoms with Crippen LogP contribution in [0.15, 0.2) is 27.9 Å². The molecule has 0 atom stereocenters. The standard InChI is InChI=1S/C19H20Cl2N2O3S2/c20-14-2-1-13(16(21)9-14)11-27-18-22-15(12-28-18)10-17(24)23-5-3-19(4-6-23)25-7-8-26-19/h1-2,9,12H,3-8,10-11H2. The highest BCUT2D eigenvalue weighted by atomic mass is 35.5. The highest BCUT2D eigenvalue weighted by molar-refractivity contribution is 8.00. The molecule has 28 heavy (non-hydrogen) atoms. The molecule has 5 nitrogen and oxygen atoms in total. The Morgan fingerprint density at radius 3 is 2.71 bits per heavy atom. The maximum absolute atomic E-state index is 12.6.